The Labute approximate surface area is 103 Å². The highest BCUT2D eigenvalue weighted by Gasteiger charge is 2.30. The second-order valence-corrected chi connectivity index (χ2v) is 5.27. The lowest BCUT2D eigenvalue weighted by molar-refractivity contribution is 0.0218. The van der Waals surface area contributed by atoms with Gasteiger partial charge in [-0.05, 0) is 37.9 Å². The molecular weight excluding hydrogens is 212 g/mol. The minimum atomic E-state index is -0.773. The van der Waals surface area contributed by atoms with Crippen LogP contribution in [0.1, 0.15) is 18.9 Å². The summed E-state index contributed by atoms with van der Waals surface area (Å²) in [7, 11) is 0. The molecule has 3 N–H and O–H groups in total. The van der Waals surface area contributed by atoms with E-state index in [-0.39, 0.29) is 0 Å². The van der Waals surface area contributed by atoms with E-state index in [0.717, 1.165) is 31.6 Å². The number of hydrogen-bond donors (Lipinski definition) is 2. The molecule has 1 aromatic rings. The molecule has 1 heterocycles. The van der Waals surface area contributed by atoms with Crippen LogP contribution in [-0.4, -0.2) is 36.2 Å². The van der Waals surface area contributed by atoms with Crippen LogP contribution < -0.4 is 5.73 Å². The third kappa shape index (κ3) is 3.06. The van der Waals surface area contributed by atoms with Crippen molar-refractivity contribution in [3.8, 4) is 0 Å². The molecule has 1 saturated heterocycles. The first-order chi connectivity index (χ1) is 8.12. The Morgan fingerprint density at radius 2 is 2.12 bits per heavy atom. The summed E-state index contributed by atoms with van der Waals surface area (Å²) in [5.74, 6) is 0.599. The van der Waals surface area contributed by atoms with Crippen molar-refractivity contribution in [1.29, 1.82) is 0 Å². The lowest BCUT2D eigenvalue weighted by atomic mass is 9.95. The molecule has 0 aromatic heterocycles. The molecule has 17 heavy (non-hydrogen) atoms. The quantitative estimate of drug-likeness (QED) is 0.822. The van der Waals surface area contributed by atoms with Crippen LogP contribution in [0.25, 0.3) is 0 Å². The van der Waals surface area contributed by atoms with Crippen molar-refractivity contribution in [3.05, 3.63) is 35.9 Å². The van der Waals surface area contributed by atoms with Crippen LogP contribution in [0.3, 0.4) is 0 Å². The summed E-state index contributed by atoms with van der Waals surface area (Å²) in [6.45, 7) is 5.39. The van der Waals surface area contributed by atoms with Crippen molar-refractivity contribution in [2.45, 2.75) is 18.9 Å². The Hall–Kier alpha value is -0.900. The van der Waals surface area contributed by atoms with Gasteiger partial charge < -0.3 is 10.8 Å². The van der Waals surface area contributed by atoms with E-state index in [2.05, 4.69) is 4.90 Å². The maximum absolute atomic E-state index is 10.5. The molecule has 1 aliphatic rings. The molecule has 1 fully saturated rings. The van der Waals surface area contributed by atoms with Gasteiger partial charge in [-0.1, -0.05) is 30.3 Å². The number of nitrogens with zero attached hydrogens (tertiary/aromatic N) is 1. The summed E-state index contributed by atoms with van der Waals surface area (Å²) in [5.41, 5.74) is 5.89. The van der Waals surface area contributed by atoms with Gasteiger partial charge >= 0.3 is 0 Å². The first-order valence-electron chi connectivity index (χ1n) is 6.32. The molecule has 94 valence electrons. The topological polar surface area (TPSA) is 49.5 Å². The van der Waals surface area contributed by atoms with Gasteiger partial charge in [-0.3, -0.25) is 4.90 Å². The fraction of sp³-hybridized carbons (Fsp3) is 0.571. The molecule has 2 rings (SSSR count). The van der Waals surface area contributed by atoms with E-state index >= 15 is 0 Å². The predicted molar refractivity (Wildman–Crippen MR) is 69.6 cm³/mol. The van der Waals surface area contributed by atoms with Crippen LogP contribution in [0.2, 0.25) is 0 Å². The highest BCUT2D eigenvalue weighted by Crippen LogP contribution is 2.24. The molecule has 1 aliphatic heterocycles. The Balaban J connectivity index is 1.98. The number of benzene rings is 1. The van der Waals surface area contributed by atoms with Gasteiger partial charge in [-0.25, -0.2) is 0 Å². The standard InChI is InChI=1S/C14H22N2O/c1-14(17,13-5-3-2-4-6-13)11-16-8-7-12(9-15)10-16/h2-6,12,17H,7-11,15H2,1H3. The van der Waals surface area contributed by atoms with Crippen LogP contribution in [0, 0.1) is 5.92 Å². The fourth-order valence-corrected chi connectivity index (χ4v) is 2.57. The van der Waals surface area contributed by atoms with Gasteiger partial charge in [0.15, 0.2) is 0 Å². The van der Waals surface area contributed by atoms with Gasteiger partial charge in [-0.15, -0.1) is 0 Å². The van der Waals surface area contributed by atoms with Crippen LogP contribution in [0.15, 0.2) is 30.3 Å². The highest BCUT2D eigenvalue weighted by atomic mass is 16.3. The smallest absolute Gasteiger partial charge is 0.0994 e. The minimum absolute atomic E-state index is 0.599. The summed E-state index contributed by atoms with van der Waals surface area (Å²) >= 11 is 0. The molecule has 2 atom stereocenters. The number of nitrogens with two attached hydrogens (primary N) is 1. The van der Waals surface area contributed by atoms with E-state index in [0.29, 0.717) is 12.5 Å². The summed E-state index contributed by atoms with van der Waals surface area (Å²) in [6.07, 6.45) is 1.15. The zero-order chi connectivity index (χ0) is 12.3. The Kier molecular flexibility index (Phi) is 3.82. The molecular formula is C14H22N2O. The molecule has 0 spiro atoms. The average molecular weight is 234 g/mol. The molecule has 0 amide bonds. The molecule has 0 aliphatic carbocycles. The van der Waals surface area contributed by atoms with E-state index in [1.165, 1.54) is 0 Å². The molecule has 3 nitrogen and oxygen atoms in total. The van der Waals surface area contributed by atoms with E-state index in [9.17, 15) is 5.11 Å². The normalized spacial score (nSPS) is 24.8. The minimum Gasteiger partial charge on any atom is -0.384 e. The highest BCUT2D eigenvalue weighted by molar-refractivity contribution is 5.21. The lowest BCUT2D eigenvalue weighted by Crippen LogP contribution is -2.38. The second-order valence-electron chi connectivity index (χ2n) is 5.27. The lowest BCUT2D eigenvalue weighted by Gasteiger charge is -2.29. The van der Waals surface area contributed by atoms with Gasteiger partial charge in [0.2, 0.25) is 0 Å². The van der Waals surface area contributed by atoms with Gasteiger partial charge in [0, 0.05) is 13.1 Å². The van der Waals surface area contributed by atoms with Crippen molar-refractivity contribution >= 4 is 0 Å². The van der Waals surface area contributed by atoms with Gasteiger partial charge in [-0.2, -0.15) is 0 Å². The SMILES string of the molecule is CC(O)(CN1CCC(CN)C1)c1ccccc1. The largest absolute Gasteiger partial charge is 0.384 e. The average Bonchev–Trinajstić information content (AvgIpc) is 2.77. The van der Waals surface area contributed by atoms with Crippen molar-refractivity contribution in [1.82, 2.24) is 4.90 Å². The zero-order valence-corrected chi connectivity index (χ0v) is 10.5. The van der Waals surface area contributed by atoms with E-state index < -0.39 is 5.60 Å². The van der Waals surface area contributed by atoms with Crippen LogP contribution in [-0.2, 0) is 5.60 Å². The van der Waals surface area contributed by atoms with E-state index in [4.69, 9.17) is 5.73 Å². The van der Waals surface area contributed by atoms with Gasteiger partial charge in [0.1, 0.15) is 0 Å². The third-order valence-electron chi connectivity index (χ3n) is 3.63. The fourth-order valence-electron chi connectivity index (χ4n) is 2.57. The van der Waals surface area contributed by atoms with Crippen molar-refractivity contribution < 1.29 is 5.11 Å². The van der Waals surface area contributed by atoms with Crippen LogP contribution in [0.4, 0.5) is 0 Å². The number of likely N-dealkylation sites (tertiary alicyclic amines) is 1. The third-order valence-corrected chi connectivity index (χ3v) is 3.63. The summed E-state index contributed by atoms with van der Waals surface area (Å²) in [4.78, 5) is 2.31. The first-order valence-corrected chi connectivity index (χ1v) is 6.32. The van der Waals surface area contributed by atoms with Crippen molar-refractivity contribution in [3.63, 3.8) is 0 Å². The Morgan fingerprint density at radius 1 is 1.41 bits per heavy atom. The molecule has 0 saturated carbocycles. The first kappa shape index (κ1) is 12.6. The van der Waals surface area contributed by atoms with Crippen molar-refractivity contribution in [2.75, 3.05) is 26.2 Å². The maximum Gasteiger partial charge on any atom is 0.0994 e. The van der Waals surface area contributed by atoms with Gasteiger partial charge in [0.05, 0.1) is 5.60 Å². The summed E-state index contributed by atoms with van der Waals surface area (Å²) < 4.78 is 0. The molecule has 0 radical (unpaired) electrons. The van der Waals surface area contributed by atoms with E-state index in [1.807, 2.05) is 37.3 Å². The molecule has 3 heteroatoms. The Morgan fingerprint density at radius 3 is 2.71 bits per heavy atom. The summed E-state index contributed by atoms with van der Waals surface area (Å²) in [6, 6.07) is 9.87. The van der Waals surface area contributed by atoms with Gasteiger partial charge in [0.25, 0.3) is 0 Å². The molecule has 1 aromatic carbocycles. The number of rotatable bonds is 4. The number of β-amino-alcohol motifs (C(OH)–C–C–N with tert-alkyl or cyclic N) is 1. The zero-order valence-electron chi connectivity index (χ0n) is 10.5. The molecule has 2 unspecified atom stereocenters. The second kappa shape index (κ2) is 5.17. The molecule has 0 bridgehead atoms. The maximum atomic E-state index is 10.5. The van der Waals surface area contributed by atoms with Crippen LogP contribution in [0.5, 0.6) is 0 Å². The summed E-state index contributed by atoms with van der Waals surface area (Å²) in [5, 5.41) is 10.5. The number of hydrogen-bond acceptors (Lipinski definition) is 3. The van der Waals surface area contributed by atoms with E-state index in [1.54, 1.807) is 0 Å². The Bertz CT molecular complexity index is 350. The van der Waals surface area contributed by atoms with Crippen LogP contribution >= 0.6 is 0 Å². The predicted octanol–water partition coefficient (Wildman–Crippen LogP) is 1.17. The monoisotopic (exact) mass is 234 g/mol. The number of aliphatic hydroxyl groups is 1. The van der Waals surface area contributed by atoms with Crippen molar-refractivity contribution in [2.24, 2.45) is 11.7 Å².